The predicted molar refractivity (Wildman–Crippen MR) is 63.6 cm³/mol. The van der Waals surface area contributed by atoms with Gasteiger partial charge in [0.1, 0.15) is 0 Å². The summed E-state index contributed by atoms with van der Waals surface area (Å²) >= 11 is 0. The molecule has 1 atom stereocenters. The van der Waals surface area contributed by atoms with E-state index < -0.39 is 0 Å². The molecule has 0 saturated carbocycles. The Morgan fingerprint density at radius 2 is 1.79 bits per heavy atom. The smallest absolute Gasteiger partial charge is 0.0125 e. The fourth-order valence-corrected chi connectivity index (χ4v) is 2.36. The Labute approximate surface area is 89.9 Å². The van der Waals surface area contributed by atoms with Crippen molar-refractivity contribution < 1.29 is 0 Å². The Balaban J connectivity index is 2.57. The predicted octanol–water partition coefficient (Wildman–Crippen LogP) is 3.69. The molecule has 1 nitrogen and oxygen atoms in total. The maximum Gasteiger partial charge on any atom is 0.0125 e. The van der Waals surface area contributed by atoms with Gasteiger partial charge in [0.25, 0.3) is 0 Å². The molecule has 1 aliphatic rings. The zero-order valence-corrected chi connectivity index (χ0v) is 10.7. The fraction of sp³-hybridized carbons (Fsp3) is 1.00. The highest BCUT2D eigenvalue weighted by atomic mass is 15.2. The third-order valence-electron chi connectivity index (χ3n) is 4.00. The SMILES string of the molecule is CCC1(C)CCCN(C(C)(C)C)CC1. The molecule has 1 heterocycles. The highest BCUT2D eigenvalue weighted by Gasteiger charge is 2.29. The summed E-state index contributed by atoms with van der Waals surface area (Å²) in [6.07, 6.45) is 5.50. The van der Waals surface area contributed by atoms with Crippen LogP contribution in [0.4, 0.5) is 0 Å². The zero-order chi connectivity index (χ0) is 10.8. The van der Waals surface area contributed by atoms with Crippen molar-refractivity contribution in [2.75, 3.05) is 13.1 Å². The standard InChI is InChI=1S/C13H27N/c1-6-13(5)8-7-10-14(11-9-13)12(2,3)4/h6-11H2,1-5H3. The molecule has 1 heteroatoms. The lowest BCUT2D eigenvalue weighted by Crippen LogP contribution is -2.42. The summed E-state index contributed by atoms with van der Waals surface area (Å²) in [4.78, 5) is 2.65. The van der Waals surface area contributed by atoms with Crippen molar-refractivity contribution in [3.8, 4) is 0 Å². The van der Waals surface area contributed by atoms with E-state index in [2.05, 4.69) is 39.5 Å². The molecule has 1 saturated heterocycles. The average molecular weight is 197 g/mol. The first-order valence-corrected chi connectivity index (χ1v) is 6.12. The van der Waals surface area contributed by atoms with Gasteiger partial charge in [-0.2, -0.15) is 0 Å². The summed E-state index contributed by atoms with van der Waals surface area (Å²) in [5.41, 5.74) is 0.971. The minimum Gasteiger partial charge on any atom is -0.298 e. The van der Waals surface area contributed by atoms with Crippen molar-refractivity contribution in [3.05, 3.63) is 0 Å². The Morgan fingerprint density at radius 3 is 2.29 bits per heavy atom. The van der Waals surface area contributed by atoms with Crippen LogP contribution in [0.1, 0.15) is 60.3 Å². The number of hydrogen-bond acceptors (Lipinski definition) is 1. The van der Waals surface area contributed by atoms with Gasteiger partial charge in [-0.3, -0.25) is 4.90 Å². The van der Waals surface area contributed by atoms with Gasteiger partial charge in [-0.25, -0.2) is 0 Å². The van der Waals surface area contributed by atoms with Crippen LogP contribution >= 0.6 is 0 Å². The number of hydrogen-bond donors (Lipinski definition) is 0. The zero-order valence-electron chi connectivity index (χ0n) is 10.7. The number of likely N-dealkylation sites (tertiary alicyclic amines) is 1. The van der Waals surface area contributed by atoms with Crippen LogP contribution in [-0.4, -0.2) is 23.5 Å². The quantitative estimate of drug-likeness (QED) is 0.620. The van der Waals surface area contributed by atoms with Gasteiger partial charge >= 0.3 is 0 Å². The molecule has 0 aromatic carbocycles. The lowest BCUT2D eigenvalue weighted by molar-refractivity contribution is 0.135. The lowest BCUT2D eigenvalue weighted by Gasteiger charge is -2.35. The summed E-state index contributed by atoms with van der Waals surface area (Å²) in [5, 5.41) is 0. The second kappa shape index (κ2) is 4.22. The summed E-state index contributed by atoms with van der Waals surface area (Å²) in [6, 6.07) is 0. The summed E-state index contributed by atoms with van der Waals surface area (Å²) < 4.78 is 0. The van der Waals surface area contributed by atoms with Crippen LogP contribution in [0.15, 0.2) is 0 Å². The van der Waals surface area contributed by atoms with Crippen LogP contribution in [0, 0.1) is 5.41 Å². The normalized spacial score (nSPS) is 31.5. The van der Waals surface area contributed by atoms with E-state index in [0.717, 1.165) is 0 Å². The molecule has 1 unspecified atom stereocenters. The molecule has 0 aliphatic carbocycles. The summed E-state index contributed by atoms with van der Waals surface area (Å²) in [7, 11) is 0. The second-order valence-electron chi connectivity index (χ2n) is 6.18. The maximum atomic E-state index is 2.65. The first-order chi connectivity index (χ1) is 6.37. The topological polar surface area (TPSA) is 3.24 Å². The van der Waals surface area contributed by atoms with Gasteiger partial charge in [0.2, 0.25) is 0 Å². The maximum absolute atomic E-state index is 2.65. The molecule has 1 rings (SSSR count). The van der Waals surface area contributed by atoms with Crippen molar-refractivity contribution in [1.82, 2.24) is 4.90 Å². The molecular formula is C13H27N. The largest absolute Gasteiger partial charge is 0.298 e. The van der Waals surface area contributed by atoms with E-state index in [0.29, 0.717) is 11.0 Å². The molecule has 0 N–H and O–H groups in total. The molecule has 0 aromatic heterocycles. The van der Waals surface area contributed by atoms with E-state index in [1.165, 1.54) is 38.8 Å². The van der Waals surface area contributed by atoms with Gasteiger partial charge in [-0.05, 0) is 58.5 Å². The third-order valence-corrected chi connectivity index (χ3v) is 4.00. The van der Waals surface area contributed by atoms with Crippen LogP contribution in [-0.2, 0) is 0 Å². The Hall–Kier alpha value is -0.0400. The van der Waals surface area contributed by atoms with Crippen molar-refractivity contribution >= 4 is 0 Å². The third kappa shape index (κ3) is 2.98. The highest BCUT2D eigenvalue weighted by molar-refractivity contribution is 4.84. The van der Waals surface area contributed by atoms with Gasteiger partial charge in [0.15, 0.2) is 0 Å². The van der Waals surface area contributed by atoms with E-state index in [1.807, 2.05) is 0 Å². The number of nitrogens with zero attached hydrogens (tertiary/aromatic N) is 1. The van der Waals surface area contributed by atoms with Gasteiger partial charge in [0, 0.05) is 5.54 Å². The number of rotatable bonds is 1. The van der Waals surface area contributed by atoms with Crippen LogP contribution < -0.4 is 0 Å². The Bertz CT molecular complexity index is 180. The van der Waals surface area contributed by atoms with Gasteiger partial charge in [-0.15, -0.1) is 0 Å². The molecule has 1 aliphatic heterocycles. The Morgan fingerprint density at radius 1 is 1.14 bits per heavy atom. The molecule has 84 valence electrons. The molecular weight excluding hydrogens is 170 g/mol. The fourth-order valence-electron chi connectivity index (χ4n) is 2.36. The molecule has 0 radical (unpaired) electrons. The lowest BCUT2D eigenvalue weighted by atomic mass is 9.80. The van der Waals surface area contributed by atoms with Crippen LogP contribution in [0.3, 0.4) is 0 Å². The second-order valence-corrected chi connectivity index (χ2v) is 6.18. The van der Waals surface area contributed by atoms with E-state index in [4.69, 9.17) is 0 Å². The van der Waals surface area contributed by atoms with Crippen LogP contribution in [0.25, 0.3) is 0 Å². The van der Waals surface area contributed by atoms with E-state index in [1.54, 1.807) is 0 Å². The van der Waals surface area contributed by atoms with Gasteiger partial charge in [-0.1, -0.05) is 20.3 Å². The van der Waals surface area contributed by atoms with Crippen LogP contribution in [0.5, 0.6) is 0 Å². The van der Waals surface area contributed by atoms with E-state index >= 15 is 0 Å². The molecule has 0 aromatic rings. The first-order valence-electron chi connectivity index (χ1n) is 6.12. The molecule has 0 spiro atoms. The molecule has 0 amide bonds. The van der Waals surface area contributed by atoms with Crippen molar-refractivity contribution in [2.45, 2.75) is 65.8 Å². The monoisotopic (exact) mass is 197 g/mol. The van der Waals surface area contributed by atoms with Crippen molar-refractivity contribution in [2.24, 2.45) is 5.41 Å². The minimum atomic E-state index is 0.360. The van der Waals surface area contributed by atoms with Crippen LogP contribution in [0.2, 0.25) is 0 Å². The summed E-state index contributed by atoms with van der Waals surface area (Å²) in [5.74, 6) is 0. The first kappa shape index (κ1) is 12.0. The molecule has 1 fully saturated rings. The van der Waals surface area contributed by atoms with E-state index in [9.17, 15) is 0 Å². The minimum absolute atomic E-state index is 0.360. The Kier molecular flexibility index (Phi) is 3.63. The van der Waals surface area contributed by atoms with Crippen molar-refractivity contribution in [3.63, 3.8) is 0 Å². The van der Waals surface area contributed by atoms with E-state index in [-0.39, 0.29) is 0 Å². The van der Waals surface area contributed by atoms with Gasteiger partial charge < -0.3 is 0 Å². The molecule has 14 heavy (non-hydrogen) atoms. The average Bonchev–Trinajstić information content (AvgIpc) is 2.27. The summed E-state index contributed by atoms with van der Waals surface area (Å²) in [6.45, 7) is 14.4. The van der Waals surface area contributed by atoms with Crippen molar-refractivity contribution in [1.29, 1.82) is 0 Å². The van der Waals surface area contributed by atoms with Gasteiger partial charge in [0.05, 0.1) is 0 Å². The highest BCUT2D eigenvalue weighted by Crippen LogP contribution is 2.35. The molecule has 0 bridgehead atoms.